The molecule has 0 aliphatic carbocycles. The number of nitrogens with zero attached hydrogens (tertiary/aromatic N) is 6. The molecule has 160 valence electrons. The smallest absolute Gasteiger partial charge is 0.148 e. The van der Waals surface area contributed by atoms with E-state index in [0.717, 1.165) is 16.5 Å². The molecule has 0 aliphatic heterocycles. The SMILES string of the molecule is Cc1nc(N)c2c(-c3ccc(Cl)cc3)cn(C(C)c3cn(-c4ccccc4F)nn3)c2n1. The molecule has 0 bridgehead atoms. The van der Waals surface area contributed by atoms with Crippen LogP contribution in [-0.2, 0) is 0 Å². The Morgan fingerprint density at radius 2 is 1.78 bits per heavy atom. The molecule has 0 aliphatic rings. The lowest BCUT2D eigenvalue weighted by Gasteiger charge is -2.12. The van der Waals surface area contributed by atoms with Gasteiger partial charge in [-0.3, -0.25) is 0 Å². The molecule has 1 unspecified atom stereocenters. The summed E-state index contributed by atoms with van der Waals surface area (Å²) in [5.41, 5.74) is 9.82. The molecule has 0 amide bonds. The van der Waals surface area contributed by atoms with Gasteiger partial charge in [0.2, 0.25) is 0 Å². The molecule has 0 radical (unpaired) electrons. The van der Waals surface area contributed by atoms with Crippen molar-refractivity contribution in [3.63, 3.8) is 0 Å². The van der Waals surface area contributed by atoms with Crippen molar-refractivity contribution in [2.24, 2.45) is 0 Å². The number of rotatable bonds is 4. The molecule has 0 fully saturated rings. The van der Waals surface area contributed by atoms with E-state index in [4.69, 9.17) is 17.3 Å². The van der Waals surface area contributed by atoms with Crippen LogP contribution in [0.15, 0.2) is 60.9 Å². The first-order valence-corrected chi connectivity index (χ1v) is 10.4. The second kappa shape index (κ2) is 7.72. The summed E-state index contributed by atoms with van der Waals surface area (Å²) in [7, 11) is 0. The number of aromatic nitrogens is 6. The third-order valence-corrected chi connectivity index (χ3v) is 5.67. The summed E-state index contributed by atoms with van der Waals surface area (Å²) in [4.78, 5) is 9.01. The molecule has 0 saturated carbocycles. The summed E-state index contributed by atoms with van der Waals surface area (Å²) in [5.74, 6) is 0.599. The first kappa shape index (κ1) is 20.1. The predicted molar refractivity (Wildman–Crippen MR) is 122 cm³/mol. The highest BCUT2D eigenvalue weighted by Gasteiger charge is 2.22. The van der Waals surface area contributed by atoms with Gasteiger partial charge in [-0.25, -0.2) is 19.0 Å². The Morgan fingerprint density at radius 3 is 2.53 bits per heavy atom. The maximum absolute atomic E-state index is 14.2. The average Bonchev–Trinajstić information content (AvgIpc) is 3.40. The fourth-order valence-corrected chi connectivity index (χ4v) is 3.92. The lowest BCUT2D eigenvalue weighted by atomic mass is 10.1. The van der Waals surface area contributed by atoms with Crippen molar-refractivity contribution in [3.8, 4) is 16.8 Å². The van der Waals surface area contributed by atoms with Crippen molar-refractivity contribution in [2.45, 2.75) is 19.9 Å². The predicted octanol–water partition coefficient (Wildman–Crippen LogP) is 4.97. The summed E-state index contributed by atoms with van der Waals surface area (Å²) >= 11 is 6.07. The van der Waals surface area contributed by atoms with Crippen LogP contribution < -0.4 is 5.73 Å². The molecule has 0 spiro atoms. The van der Waals surface area contributed by atoms with E-state index in [0.29, 0.717) is 33.7 Å². The van der Waals surface area contributed by atoms with Gasteiger partial charge in [0.05, 0.1) is 17.6 Å². The van der Waals surface area contributed by atoms with Gasteiger partial charge in [0.15, 0.2) is 0 Å². The standard InChI is InChI=1S/C23H19ClFN7/c1-13(19-12-32(30-29-19)20-6-4-3-5-18(20)25)31-11-17(15-7-9-16(24)10-8-15)21-22(26)27-14(2)28-23(21)31/h3-13H,1-2H3,(H2,26,27,28). The molecule has 5 rings (SSSR count). The highest BCUT2D eigenvalue weighted by Crippen LogP contribution is 2.36. The number of para-hydroxylation sites is 1. The topological polar surface area (TPSA) is 87.4 Å². The number of anilines is 1. The maximum atomic E-state index is 14.2. The third kappa shape index (κ3) is 3.38. The molecule has 5 aromatic rings. The Kier molecular flexibility index (Phi) is 4.86. The highest BCUT2D eigenvalue weighted by molar-refractivity contribution is 6.30. The minimum atomic E-state index is -0.371. The Balaban J connectivity index is 1.64. The monoisotopic (exact) mass is 447 g/mol. The first-order chi connectivity index (χ1) is 15.4. The Morgan fingerprint density at radius 1 is 1.03 bits per heavy atom. The van der Waals surface area contributed by atoms with Gasteiger partial charge < -0.3 is 10.3 Å². The van der Waals surface area contributed by atoms with E-state index in [1.54, 1.807) is 31.3 Å². The molecule has 7 nitrogen and oxygen atoms in total. The van der Waals surface area contributed by atoms with Crippen LogP contribution in [0.3, 0.4) is 0 Å². The van der Waals surface area contributed by atoms with Crippen molar-refractivity contribution in [1.82, 2.24) is 29.5 Å². The normalized spacial score (nSPS) is 12.4. The lowest BCUT2D eigenvalue weighted by Crippen LogP contribution is -2.08. The molecule has 3 aromatic heterocycles. The van der Waals surface area contributed by atoms with Crippen molar-refractivity contribution in [3.05, 3.63) is 83.3 Å². The van der Waals surface area contributed by atoms with Gasteiger partial charge in [-0.1, -0.05) is 41.1 Å². The summed E-state index contributed by atoms with van der Waals surface area (Å²) in [6.45, 7) is 3.78. The van der Waals surface area contributed by atoms with Gasteiger partial charge in [0, 0.05) is 16.8 Å². The summed E-state index contributed by atoms with van der Waals surface area (Å²) in [6.07, 6.45) is 3.69. The Hall–Kier alpha value is -3.78. The van der Waals surface area contributed by atoms with Gasteiger partial charge in [-0.05, 0) is 43.7 Å². The van der Waals surface area contributed by atoms with Crippen LogP contribution in [0.4, 0.5) is 10.2 Å². The first-order valence-electron chi connectivity index (χ1n) is 10.00. The van der Waals surface area contributed by atoms with Crippen molar-refractivity contribution in [2.75, 3.05) is 5.73 Å². The van der Waals surface area contributed by atoms with Crippen LogP contribution in [0.25, 0.3) is 27.8 Å². The summed E-state index contributed by atoms with van der Waals surface area (Å²) in [6, 6.07) is 13.7. The molecular weight excluding hydrogens is 429 g/mol. The molecule has 1 atom stereocenters. The lowest BCUT2D eigenvalue weighted by molar-refractivity contribution is 0.607. The summed E-state index contributed by atoms with van der Waals surface area (Å²) in [5, 5.41) is 9.82. The zero-order valence-electron chi connectivity index (χ0n) is 17.4. The van der Waals surface area contributed by atoms with Gasteiger partial charge in [0.25, 0.3) is 0 Å². The van der Waals surface area contributed by atoms with E-state index in [-0.39, 0.29) is 11.9 Å². The zero-order chi connectivity index (χ0) is 22.4. The summed E-state index contributed by atoms with van der Waals surface area (Å²) < 4.78 is 17.6. The van der Waals surface area contributed by atoms with Crippen LogP contribution >= 0.6 is 11.6 Å². The Bertz CT molecular complexity index is 1440. The van der Waals surface area contributed by atoms with Crippen LogP contribution in [0.5, 0.6) is 0 Å². The van der Waals surface area contributed by atoms with E-state index in [1.807, 2.05) is 42.0 Å². The van der Waals surface area contributed by atoms with E-state index < -0.39 is 0 Å². The minimum Gasteiger partial charge on any atom is -0.383 e. The van der Waals surface area contributed by atoms with E-state index in [9.17, 15) is 4.39 Å². The number of hydrogen-bond acceptors (Lipinski definition) is 5. The third-order valence-electron chi connectivity index (χ3n) is 5.42. The van der Waals surface area contributed by atoms with Crippen molar-refractivity contribution in [1.29, 1.82) is 0 Å². The Labute approximate surface area is 188 Å². The fraction of sp³-hybridized carbons (Fsp3) is 0.130. The van der Waals surface area contributed by atoms with Crippen LogP contribution in [0.1, 0.15) is 24.5 Å². The fourth-order valence-electron chi connectivity index (χ4n) is 3.80. The molecule has 2 N–H and O–H groups in total. The quantitative estimate of drug-likeness (QED) is 0.420. The van der Waals surface area contributed by atoms with Gasteiger partial charge >= 0.3 is 0 Å². The van der Waals surface area contributed by atoms with Gasteiger partial charge in [-0.2, -0.15) is 0 Å². The number of halogens is 2. The van der Waals surface area contributed by atoms with E-state index in [2.05, 4.69) is 20.3 Å². The number of benzene rings is 2. The number of nitrogens with two attached hydrogens (primary N) is 1. The second-order valence-corrected chi connectivity index (χ2v) is 7.96. The number of fused-ring (bicyclic) bond motifs is 1. The van der Waals surface area contributed by atoms with Gasteiger partial charge in [-0.15, -0.1) is 5.10 Å². The van der Waals surface area contributed by atoms with Crippen LogP contribution in [0.2, 0.25) is 5.02 Å². The molecule has 3 heterocycles. The maximum Gasteiger partial charge on any atom is 0.148 e. The molecular formula is C23H19ClFN7. The van der Waals surface area contributed by atoms with Gasteiger partial charge in [0.1, 0.15) is 34.5 Å². The number of nitrogen functional groups attached to an aromatic ring is 1. The van der Waals surface area contributed by atoms with Crippen LogP contribution in [-0.4, -0.2) is 29.5 Å². The average molecular weight is 448 g/mol. The van der Waals surface area contributed by atoms with Crippen molar-refractivity contribution < 1.29 is 4.39 Å². The molecule has 2 aromatic carbocycles. The number of hydrogen-bond donors (Lipinski definition) is 1. The van der Waals surface area contributed by atoms with Crippen LogP contribution in [0, 0.1) is 12.7 Å². The van der Waals surface area contributed by atoms with E-state index in [1.165, 1.54) is 10.7 Å². The molecule has 0 saturated heterocycles. The number of aryl methyl sites for hydroxylation is 1. The highest BCUT2D eigenvalue weighted by atomic mass is 35.5. The second-order valence-electron chi connectivity index (χ2n) is 7.53. The van der Waals surface area contributed by atoms with Crippen molar-refractivity contribution >= 4 is 28.5 Å². The zero-order valence-corrected chi connectivity index (χ0v) is 18.1. The van der Waals surface area contributed by atoms with E-state index >= 15 is 0 Å². The minimum absolute atomic E-state index is 0.243. The molecule has 9 heteroatoms. The molecule has 32 heavy (non-hydrogen) atoms. The largest absolute Gasteiger partial charge is 0.383 e.